The largest absolute Gasteiger partial charge is 0.492 e. The zero-order valence-corrected chi connectivity index (χ0v) is 54.3. The van der Waals surface area contributed by atoms with Crippen molar-refractivity contribution in [2.75, 3.05) is 59.1 Å². The maximum absolute atomic E-state index is 13.3. The average Bonchev–Trinajstić information content (AvgIpc) is 1.76. The second-order valence-corrected chi connectivity index (χ2v) is 27.8. The Labute approximate surface area is 541 Å². The van der Waals surface area contributed by atoms with E-state index in [1.807, 2.05) is 107 Å². The van der Waals surface area contributed by atoms with Crippen molar-refractivity contribution in [1.29, 1.82) is 0 Å². The molecule has 6 N–H and O–H groups in total. The van der Waals surface area contributed by atoms with E-state index in [0.29, 0.717) is 52.5 Å². The maximum atomic E-state index is 13.3. The first-order chi connectivity index (χ1) is 43.7. The average molecular weight is 1310 g/mol. The molecule has 6 aliphatic heterocycles. The minimum absolute atomic E-state index is 0.00685. The first-order valence-electron chi connectivity index (χ1n) is 31.0. The summed E-state index contributed by atoms with van der Waals surface area (Å²) in [4.78, 5) is 60.5. The minimum Gasteiger partial charge on any atom is -0.492 e. The predicted octanol–water partition coefficient (Wildman–Crippen LogP) is 12.6. The van der Waals surface area contributed by atoms with Gasteiger partial charge in [0.1, 0.15) is 37.0 Å². The number of piperidine rings is 3. The fourth-order valence-corrected chi connectivity index (χ4v) is 16.2. The smallest absolute Gasteiger partial charge is 0.265 e. The zero-order valence-electron chi connectivity index (χ0n) is 51.1. The van der Waals surface area contributed by atoms with E-state index < -0.39 is 0 Å². The third kappa shape index (κ3) is 11.9. The van der Waals surface area contributed by atoms with Crippen LogP contribution in [0.15, 0.2) is 144 Å². The van der Waals surface area contributed by atoms with Crippen LogP contribution in [0.4, 0.5) is 0 Å². The normalized spacial score (nSPS) is 17.1. The number of aryl methyl sites for hydroxylation is 3. The quantitative estimate of drug-likeness (QED) is 0.130. The molecule has 15 rings (SSSR count). The van der Waals surface area contributed by atoms with Crippen molar-refractivity contribution in [1.82, 2.24) is 29.7 Å². The molecule has 9 aromatic rings. The number of benzene rings is 6. The van der Waals surface area contributed by atoms with Crippen LogP contribution in [0.3, 0.4) is 0 Å². The number of thiazole rings is 2. The first kappa shape index (κ1) is 61.0. The molecular weight excluding hydrogens is 1230 g/mol. The highest BCUT2D eigenvalue weighted by Crippen LogP contribution is 2.49. The fraction of sp³-hybridized carbons (Fsp3) is 0.333. The molecule has 0 bridgehead atoms. The zero-order chi connectivity index (χ0) is 62.3. The highest BCUT2D eigenvalue weighted by Gasteiger charge is 2.47. The van der Waals surface area contributed by atoms with E-state index in [2.05, 4.69) is 86.3 Å². The molecule has 0 aliphatic carbocycles. The van der Waals surface area contributed by atoms with Crippen molar-refractivity contribution in [2.24, 2.45) is 17.2 Å². The summed E-state index contributed by atoms with van der Waals surface area (Å²) in [5.41, 5.74) is 30.3. The molecule has 6 aromatic carbocycles. The maximum Gasteiger partial charge on any atom is 0.265 e. The number of hydrogen-bond donors (Lipinski definition) is 3. The van der Waals surface area contributed by atoms with Crippen LogP contribution in [0.5, 0.6) is 17.2 Å². The third-order valence-electron chi connectivity index (χ3n) is 19.3. The second-order valence-electron chi connectivity index (χ2n) is 24.9. The summed E-state index contributed by atoms with van der Waals surface area (Å²) in [6, 6.07) is 43.0. The molecular formula is C72H74BrN9O6S2. The minimum atomic E-state index is -0.0130. The second kappa shape index (κ2) is 25.4. The lowest BCUT2D eigenvalue weighted by atomic mass is 9.74. The van der Waals surface area contributed by atoms with Gasteiger partial charge in [0, 0.05) is 125 Å². The number of pyridine rings is 1. The number of hydrogen-bond acceptors (Lipinski definition) is 14. The number of ether oxygens (including phenoxy) is 3. The van der Waals surface area contributed by atoms with Gasteiger partial charge in [-0.05, 0) is 141 Å². The van der Waals surface area contributed by atoms with Crippen LogP contribution < -0.4 is 31.4 Å². The van der Waals surface area contributed by atoms with Crippen molar-refractivity contribution >= 4 is 67.1 Å². The van der Waals surface area contributed by atoms with Crippen LogP contribution in [-0.2, 0) is 35.9 Å². The van der Waals surface area contributed by atoms with E-state index in [1.54, 1.807) is 12.4 Å². The van der Waals surface area contributed by atoms with Crippen LogP contribution in [0.2, 0.25) is 0 Å². The van der Waals surface area contributed by atoms with Crippen LogP contribution >= 0.6 is 38.6 Å². The van der Waals surface area contributed by atoms with Crippen LogP contribution in [0.25, 0.3) is 31.9 Å². The van der Waals surface area contributed by atoms with Gasteiger partial charge in [-0.1, -0.05) is 94.3 Å². The van der Waals surface area contributed by atoms with Crippen LogP contribution in [0, 0.1) is 20.8 Å². The van der Waals surface area contributed by atoms with Crippen molar-refractivity contribution < 1.29 is 28.6 Å². The molecule has 3 spiro atoms. The van der Waals surface area contributed by atoms with E-state index in [4.69, 9.17) is 31.4 Å². The van der Waals surface area contributed by atoms with Gasteiger partial charge in [0.25, 0.3) is 17.7 Å². The molecule has 0 unspecified atom stereocenters. The molecule has 3 aromatic heterocycles. The Kier molecular flexibility index (Phi) is 17.3. The number of fused-ring (bicyclic) bond motifs is 7. The van der Waals surface area contributed by atoms with Gasteiger partial charge in [-0.2, -0.15) is 0 Å². The molecule has 3 amide bonds. The number of likely N-dealkylation sites (tertiary alicyclic amines) is 3. The number of aromatic nitrogens is 3. The van der Waals surface area contributed by atoms with Gasteiger partial charge in [-0.3, -0.25) is 19.4 Å². The summed E-state index contributed by atoms with van der Waals surface area (Å²) in [6.45, 7) is 13.9. The Bertz CT molecular complexity index is 4170. The third-order valence-corrected chi connectivity index (χ3v) is 22.2. The van der Waals surface area contributed by atoms with Crippen molar-refractivity contribution in [3.63, 3.8) is 0 Å². The van der Waals surface area contributed by atoms with Crippen LogP contribution in [0.1, 0.15) is 119 Å². The lowest BCUT2D eigenvalue weighted by Gasteiger charge is -2.38. The number of rotatable bonds is 8. The molecule has 6 aliphatic rings. The van der Waals surface area contributed by atoms with Gasteiger partial charge in [0.2, 0.25) is 0 Å². The number of carbonyl (C=O) groups is 3. The lowest BCUT2D eigenvalue weighted by Crippen LogP contribution is -2.46. The molecule has 9 heterocycles. The summed E-state index contributed by atoms with van der Waals surface area (Å²) in [7, 11) is 0. The molecule has 3 saturated heterocycles. The monoisotopic (exact) mass is 1300 g/mol. The van der Waals surface area contributed by atoms with Gasteiger partial charge in [0.05, 0.1) is 31.2 Å². The number of carbonyl (C=O) groups excluding carboxylic acids is 3. The summed E-state index contributed by atoms with van der Waals surface area (Å²) in [6.07, 6.45) is 8.96. The fourth-order valence-electron chi connectivity index (χ4n) is 13.7. The predicted molar refractivity (Wildman–Crippen MR) is 359 cm³/mol. The highest BCUT2D eigenvalue weighted by molar-refractivity contribution is 9.10. The highest BCUT2D eigenvalue weighted by atomic mass is 79.9. The van der Waals surface area contributed by atoms with Crippen LogP contribution in [-0.4, -0.2) is 106 Å². The van der Waals surface area contributed by atoms with Crippen molar-refractivity contribution in [2.45, 2.75) is 95.2 Å². The SMILES string of the molecule is Cc1ccc(-c2nc(C)c(C(=O)N3CCC4(CC3)COc3ccc(CN)cc34)s2)cc1.Cc1nc(-c2cccnc2)sc1C(=O)N1CCC2(CC1)COc1ccc(CN)cc12.NCc1ccc2c(c1)C1(CCN(C(=O)c3ccc4cc(Br)ccc4c3)CC1)CO2. The van der Waals surface area contributed by atoms with Gasteiger partial charge in [-0.25, -0.2) is 9.97 Å². The Morgan fingerprint density at radius 2 is 0.922 bits per heavy atom. The van der Waals surface area contributed by atoms with Gasteiger partial charge in [-0.15, -0.1) is 22.7 Å². The number of amides is 3. The summed E-state index contributed by atoms with van der Waals surface area (Å²) in [5, 5.41) is 3.95. The van der Waals surface area contributed by atoms with E-state index >= 15 is 0 Å². The van der Waals surface area contributed by atoms with E-state index in [9.17, 15) is 14.4 Å². The molecule has 90 heavy (non-hydrogen) atoms. The molecule has 15 nitrogen and oxygen atoms in total. The Hall–Kier alpha value is -7.84. The number of nitrogens with zero attached hydrogens (tertiary/aromatic N) is 6. The molecule has 18 heteroatoms. The number of nitrogens with two attached hydrogens (primary N) is 3. The molecule has 0 atom stereocenters. The Morgan fingerprint density at radius 3 is 1.36 bits per heavy atom. The standard InChI is InChI=1S/C25H27N3O2S.C24H23BrN2O2.C23H24N4O2S/c1-16-3-6-19(7-4-16)23-27-17(2)22(31-23)24(29)28-11-9-25(10-12-28)15-30-21-8-5-18(14-26)13-20(21)25;25-20-5-4-17-12-19(3-2-18(17)13-20)23(28)27-9-7-24(8-10-27)15-29-22-6-1-16(14-26)11-21(22)24;1-15-20(30-21(26-15)17-3-2-8-25-13-17)22(28)27-9-6-23(7-10-27)14-29-19-5-4-16(12-24)11-18(19)23/h3-8,13H,9-12,14-15,26H2,1-2H3;1-6,11-13H,7-10,14-15,26H2;2-5,8,11,13H,6-7,9-10,12,14,24H2,1H3. The summed E-state index contributed by atoms with van der Waals surface area (Å²) in [5.74, 6) is 3.19. The molecule has 3 fully saturated rings. The summed E-state index contributed by atoms with van der Waals surface area (Å²) < 4.78 is 19.0. The molecule has 0 radical (unpaired) electrons. The van der Waals surface area contributed by atoms with E-state index in [0.717, 1.165) is 162 Å². The van der Waals surface area contributed by atoms with Crippen molar-refractivity contribution in [3.8, 4) is 38.4 Å². The molecule has 462 valence electrons. The number of halogens is 1. The van der Waals surface area contributed by atoms with E-state index in [-0.39, 0.29) is 34.0 Å². The Morgan fingerprint density at radius 1 is 0.500 bits per heavy atom. The Balaban J connectivity index is 0.000000124. The topological polar surface area (TPSA) is 205 Å². The summed E-state index contributed by atoms with van der Waals surface area (Å²) >= 11 is 6.45. The molecule has 0 saturated carbocycles. The van der Waals surface area contributed by atoms with Crippen molar-refractivity contribution in [3.05, 3.63) is 210 Å². The lowest BCUT2D eigenvalue weighted by molar-refractivity contribution is 0.0641. The van der Waals surface area contributed by atoms with Gasteiger partial charge < -0.3 is 46.1 Å². The first-order valence-corrected chi connectivity index (χ1v) is 33.5. The van der Waals surface area contributed by atoms with E-state index in [1.165, 1.54) is 44.9 Å². The van der Waals surface area contributed by atoms with Gasteiger partial charge in [0.15, 0.2) is 0 Å². The van der Waals surface area contributed by atoms with Gasteiger partial charge >= 0.3 is 0 Å².